The second-order valence-corrected chi connectivity index (χ2v) is 8.85. The van der Waals surface area contributed by atoms with Crippen molar-refractivity contribution in [1.29, 1.82) is 0 Å². The first-order valence-corrected chi connectivity index (χ1v) is 10.9. The Morgan fingerprint density at radius 1 is 1.07 bits per heavy atom. The Hall–Kier alpha value is -2.67. The molecule has 3 heterocycles. The topological polar surface area (TPSA) is 63.1 Å². The Balaban J connectivity index is 1.47. The highest BCUT2D eigenvalue weighted by Gasteiger charge is 2.28. The minimum Gasteiger partial charge on any atom is -0.346 e. The van der Waals surface area contributed by atoms with Crippen LogP contribution in [0.3, 0.4) is 0 Å². The third kappa shape index (κ3) is 4.05. The molecule has 0 saturated carbocycles. The molecular formula is C22H27N5OS. The predicted molar refractivity (Wildman–Crippen MR) is 118 cm³/mol. The number of rotatable bonds is 4. The first kappa shape index (κ1) is 19.6. The van der Waals surface area contributed by atoms with Crippen LogP contribution in [0.25, 0.3) is 5.13 Å². The maximum absolute atomic E-state index is 12.9. The number of nitrogens with one attached hydrogen (secondary N) is 1. The predicted octanol–water partition coefficient (Wildman–Crippen LogP) is 4.42. The number of amides is 1. The molecule has 4 rings (SSSR count). The Labute approximate surface area is 175 Å². The van der Waals surface area contributed by atoms with Gasteiger partial charge in [0.05, 0.1) is 5.92 Å². The molecule has 1 aliphatic rings. The number of benzene rings is 1. The van der Waals surface area contributed by atoms with Gasteiger partial charge in [0.15, 0.2) is 0 Å². The molecule has 0 radical (unpaired) electrons. The molecule has 1 aromatic carbocycles. The van der Waals surface area contributed by atoms with Crippen LogP contribution in [-0.2, 0) is 4.79 Å². The van der Waals surface area contributed by atoms with E-state index in [9.17, 15) is 4.79 Å². The van der Waals surface area contributed by atoms with Crippen molar-refractivity contribution in [3.8, 4) is 5.13 Å². The van der Waals surface area contributed by atoms with Gasteiger partial charge in [-0.25, -0.2) is 0 Å². The lowest BCUT2D eigenvalue weighted by atomic mass is 9.97. The van der Waals surface area contributed by atoms with Crippen molar-refractivity contribution in [1.82, 2.24) is 14.8 Å². The molecule has 1 amide bonds. The third-order valence-corrected chi connectivity index (χ3v) is 6.55. The molecule has 1 N–H and O–H groups in total. The van der Waals surface area contributed by atoms with Gasteiger partial charge in [-0.3, -0.25) is 9.36 Å². The summed E-state index contributed by atoms with van der Waals surface area (Å²) < 4.78 is 2.12. The first-order chi connectivity index (χ1) is 13.9. The molecule has 1 aliphatic heterocycles. The molecule has 6 nitrogen and oxygen atoms in total. The zero-order chi connectivity index (χ0) is 20.5. The molecule has 1 atom stereocenters. The number of carbonyl (C=O) groups excluding carboxylic acids is 1. The van der Waals surface area contributed by atoms with Crippen LogP contribution < -0.4 is 10.2 Å². The normalized spacial score (nSPS) is 16.8. The highest BCUT2D eigenvalue weighted by molar-refractivity contribution is 7.17. The molecule has 0 unspecified atom stereocenters. The third-order valence-electron chi connectivity index (χ3n) is 5.58. The van der Waals surface area contributed by atoms with Gasteiger partial charge >= 0.3 is 0 Å². The summed E-state index contributed by atoms with van der Waals surface area (Å²) in [5, 5.41) is 13.7. The van der Waals surface area contributed by atoms with E-state index in [1.807, 2.05) is 26.0 Å². The van der Waals surface area contributed by atoms with Gasteiger partial charge in [-0.05, 0) is 69.9 Å². The van der Waals surface area contributed by atoms with Gasteiger partial charge in [-0.1, -0.05) is 23.5 Å². The highest BCUT2D eigenvalue weighted by Crippen LogP contribution is 2.30. The Kier molecular flexibility index (Phi) is 5.41. The summed E-state index contributed by atoms with van der Waals surface area (Å²) in [7, 11) is 0. The van der Waals surface area contributed by atoms with Crippen LogP contribution >= 0.6 is 11.3 Å². The van der Waals surface area contributed by atoms with Gasteiger partial charge in [-0.2, -0.15) is 0 Å². The fourth-order valence-corrected chi connectivity index (χ4v) is 4.87. The van der Waals surface area contributed by atoms with Crippen molar-refractivity contribution in [3.05, 3.63) is 52.8 Å². The lowest BCUT2D eigenvalue weighted by molar-refractivity contribution is -0.120. The summed E-state index contributed by atoms with van der Waals surface area (Å²) in [5.74, 6) is 0.0382. The molecule has 0 aliphatic carbocycles. The summed E-state index contributed by atoms with van der Waals surface area (Å²) in [6.45, 7) is 9.79. The maximum Gasteiger partial charge on any atom is 0.229 e. The van der Waals surface area contributed by atoms with Crippen LogP contribution in [0.5, 0.6) is 0 Å². The van der Waals surface area contributed by atoms with Crippen molar-refractivity contribution in [2.75, 3.05) is 23.3 Å². The lowest BCUT2D eigenvalue weighted by Gasteiger charge is -2.31. The van der Waals surface area contributed by atoms with Gasteiger partial charge in [0, 0.05) is 30.2 Å². The monoisotopic (exact) mass is 409 g/mol. The molecule has 29 heavy (non-hydrogen) atoms. The molecule has 152 valence electrons. The summed E-state index contributed by atoms with van der Waals surface area (Å²) in [4.78, 5) is 15.1. The molecule has 0 spiro atoms. The highest BCUT2D eigenvalue weighted by atomic mass is 32.1. The van der Waals surface area contributed by atoms with E-state index in [0.717, 1.165) is 57.9 Å². The standard InChI is InChI=1S/C22H27N5OS/c1-14-7-8-15(2)19(12-14)23-20(28)18-6-5-11-26(13-18)21-24-25-22(29-21)27-16(3)9-10-17(27)4/h7-10,12,18H,5-6,11,13H2,1-4H3,(H,23,28)/t18-/m0/s1. The SMILES string of the molecule is Cc1ccc(C)c(NC(=O)[C@H]2CCCN(c3nnc(-n4c(C)ccc4C)s3)C2)c1. The smallest absolute Gasteiger partial charge is 0.229 e. The average molecular weight is 410 g/mol. The van der Waals surface area contributed by atoms with Crippen LogP contribution in [0.15, 0.2) is 30.3 Å². The largest absolute Gasteiger partial charge is 0.346 e. The summed E-state index contributed by atoms with van der Waals surface area (Å²) >= 11 is 1.58. The maximum atomic E-state index is 12.9. The molecule has 3 aromatic rings. The Morgan fingerprint density at radius 2 is 1.79 bits per heavy atom. The number of aryl methyl sites for hydroxylation is 4. The van der Waals surface area contributed by atoms with Crippen molar-refractivity contribution >= 4 is 28.1 Å². The van der Waals surface area contributed by atoms with Gasteiger partial charge < -0.3 is 10.2 Å². The van der Waals surface area contributed by atoms with Gasteiger partial charge in [-0.15, -0.1) is 10.2 Å². The number of hydrogen-bond donors (Lipinski definition) is 1. The van der Waals surface area contributed by atoms with E-state index in [1.54, 1.807) is 11.3 Å². The molecule has 1 saturated heterocycles. The van der Waals surface area contributed by atoms with E-state index in [1.165, 1.54) is 0 Å². The van der Waals surface area contributed by atoms with Crippen LogP contribution in [0.2, 0.25) is 0 Å². The fraction of sp³-hybridized carbons (Fsp3) is 0.409. The van der Waals surface area contributed by atoms with Crippen molar-refractivity contribution in [2.45, 2.75) is 40.5 Å². The molecule has 0 bridgehead atoms. The summed E-state index contributed by atoms with van der Waals surface area (Å²) in [5.41, 5.74) is 5.43. The van der Waals surface area contributed by atoms with E-state index < -0.39 is 0 Å². The fourth-order valence-electron chi connectivity index (χ4n) is 3.87. The minimum atomic E-state index is -0.0499. The quantitative estimate of drug-likeness (QED) is 0.693. The number of anilines is 2. The number of carbonyl (C=O) groups is 1. The second-order valence-electron chi connectivity index (χ2n) is 7.91. The van der Waals surface area contributed by atoms with E-state index in [-0.39, 0.29) is 11.8 Å². The molecule has 1 fully saturated rings. The zero-order valence-electron chi connectivity index (χ0n) is 17.4. The van der Waals surface area contributed by atoms with Crippen LogP contribution in [0, 0.1) is 33.6 Å². The van der Waals surface area contributed by atoms with Crippen LogP contribution in [0.1, 0.15) is 35.4 Å². The van der Waals surface area contributed by atoms with E-state index in [0.29, 0.717) is 6.54 Å². The van der Waals surface area contributed by atoms with Crippen LogP contribution in [0.4, 0.5) is 10.8 Å². The minimum absolute atomic E-state index is 0.0499. The molecule has 2 aromatic heterocycles. The van der Waals surface area contributed by atoms with Crippen molar-refractivity contribution in [2.24, 2.45) is 5.92 Å². The van der Waals surface area contributed by atoms with E-state index in [2.05, 4.69) is 57.0 Å². The van der Waals surface area contributed by atoms with Gasteiger partial charge in [0.25, 0.3) is 0 Å². The van der Waals surface area contributed by atoms with Crippen molar-refractivity contribution in [3.63, 3.8) is 0 Å². The van der Waals surface area contributed by atoms with E-state index >= 15 is 0 Å². The Bertz CT molecular complexity index is 1020. The van der Waals surface area contributed by atoms with Crippen molar-refractivity contribution < 1.29 is 4.79 Å². The summed E-state index contributed by atoms with van der Waals surface area (Å²) in [6, 6.07) is 10.3. The number of aromatic nitrogens is 3. The average Bonchev–Trinajstić information content (AvgIpc) is 3.31. The number of piperidine rings is 1. The first-order valence-electron chi connectivity index (χ1n) is 10.0. The van der Waals surface area contributed by atoms with E-state index in [4.69, 9.17) is 0 Å². The summed E-state index contributed by atoms with van der Waals surface area (Å²) in [6.07, 6.45) is 1.87. The van der Waals surface area contributed by atoms with Gasteiger partial charge in [0.2, 0.25) is 16.2 Å². The molecular weight excluding hydrogens is 382 g/mol. The second kappa shape index (κ2) is 7.99. The number of nitrogens with zero attached hydrogens (tertiary/aromatic N) is 4. The molecule has 7 heteroatoms. The lowest BCUT2D eigenvalue weighted by Crippen LogP contribution is -2.40. The Morgan fingerprint density at radius 3 is 2.55 bits per heavy atom. The number of hydrogen-bond acceptors (Lipinski definition) is 5. The van der Waals surface area contributed by atoms with Gasteiger partial charge in [0.1, 0.15) is 0 Å². The zero-order valence-corrected chi connectivity index (χ0v) is 18.2. The van der Waals surface area contributed by atoms with Crippen LogP contribution in [-0.4, -0.2) is 33.8 Å².